The highest BCUT2D eigenvalue weighted by molar-refractivity contribution is 5.72. The number of ether oxygens (including phenoxy) is 1. The van der Waals surface area contributed by atoms with Crippen LogP contribution >= 0.6 is 0 Å². The predicted molar refractivity (Wildman–Crippen MR) is 54.9 cm³/mol. The van der Waals surface area contributed by atoms with E-state index in [9.17, 15) is 4.79 Å². The molecule has 0 unspecified atom stereocenters. The molecule has 0 bridgehead atoms. The monoisotopic (exact) mass is 194 g/mol. The van der Waals surface area contributed by atoms with Crippen LogP contribution < -0.4 is 15.8 Å². The van der Waals surface area contributed by atoms with Gasteiger partial charge in [-0.25, -0.2) is 0 Å². The average molecular weight is 194 g/mol. The summed E-state index contributed by atoms with van der Waals surface area (Å²) >= 11 is 0. The Morgan fingerprint density at radius 2 is 2.29 bits per heavy atom. The van der Waals surface area contributed by atoms with Gasteiger partial charge in [0.1, 0.15) is 5.75 Å². The lowest BCUT2D eigenvalue weighted by Crippen LogP contribution is -2.18. The molecule has 4 heteroatoms. The van der Waals surface area contributed by atoms with E-state index in [-0.39, 0.29) is 5.91 Å². The van der Waals surface area contributed by atoms with Gasteiger partial charge in [-0.2, -0.15) is 0 Å². The Labute approximate surface area is 83.1 Å². The molecular weight excluding hydrogens is 180 g/mol. The van der Waals surface area contributed by atoms with Crippen LogP contribution in [0.4, 0.5) is 5.69 Å². The Morgan fingerprint density at radius 1 is 1.57 bits per heavy atom. The van der Waals surface area contributed by atoms with Crippen molar-refractivity contribution in [1.82, 2.24) is 5.32 Å². The summed E-state index contributed by atoms with van der Waals surface area (Å²) in [6.45, 7) is 1.97. The fourth-order valence-corrected chi connectivity index (χ4v) is 1.09. The van der Waals surface area contributed by atoms with Crippen molar-refractivity contribution in [2.24, 2.45) is 0 Å². The molecule has 0 aliphatic heterocycles. The third kappa shape index (κ3) is 2.65. The first-order chi connectivity index (χ1) is 6.63. The quantitative estimate of drug-likeness (QED) is 0.703. The second kappa shape index (κ2) is 4.50. The molecule has 14 heavy (non-hydrogen) atoms. The van der Waals surface area contributed by atoms with Gasteiger partial charge in [-0.3, -0.25) is 4.79 Å². The van der Waals surface area contributed by atoms with Crippen LogP contribution in [-0.4, -0.2) is 13.0 Å². The lowest BCUT2D eigenvalue weighted by atomic mass is 10.2. The zero-order valence-corrected chi connectivity index (χ0v) is 8.33. The lowest BCUT2D eigenvalue weighted by molar-refractivity contribution is -0.119. The Hall–Kier alpha value is -1.71. The lowest BCUT2D eigenvalue weighted by Gasteiger charge is -2.07. The highest BCUT2D eigenvalue weighted by atomic mass is 16.5. The fourth-order valence-electron chi connectivity index (χ4n) is 1.09. The van der Waals surface area contributed by atoms with Gasteiger partial charge in [0.15, 0.2) is 0 Å². The molecule has 0 aliphatic carbocycles. The van der Waals surface area contributed by atoms with Gasteiger partial charge in [-0.1, -0.05) is 6.07 Å². The van der Waals surface area contributed by atoms with Crippen LogP contribution in [0.5, 0.6) is 5.75 Å². The van der Waals surface area contributed by atoms with Crippen molar-refractivity contribution in [3.05, 3.63) is 23.8 Å². The van der Waals surface area contributed by atoms with E-state index in [1.165, 1.54) is 6.92 Å². The van der Waals surface area contributed by atoms with Crippen LogP contribution in [0.3, 0.4) is 0 Å². The first kappa shape index (κ1) is 10.4. The highest BCUT2D eigenvalue weighted by Gasteiger charge is 2.01. The van der Waals surface area contributed by atoms with Crippen molar-refractivity contribution in [2.45, 2.75) is 13.5 Å². The number of carbonyl (C=O) groups excluding carboxylic acids is 1. The van der Waals surface area contributed by atoms with Gasteiger partial charge in [-0.15, -0.1) is 0 Å². The second-order valence-electron chi connectivity index (χ2n) is 2.99. The van der Waals surface area contributed by atoms with Crippen molar-refractivity contribution in [1.29, 1.82) is 0 Å². The zero-order chi connectivity index (χ0) is 10.6. The molecule has 0 aromatic heterocycles. The maximum Gasteiger partial charge on any atom is 0.217 e. The molecule has 1 aromatic rings. The van der Waals surface area contributed by atoms with Crippen LogP contribution in [-0.2, 0) is 11.3 Å². The molecule has 1 aromatic carbocycles. The Morgan fingerprint density at radius 3 is 2.86 bits per heavy atom. The van der Waals surface area contributed by atoms with Gasteiger partial charge in [0, 0.05) is 13.5 Å². The zero-order valence-electron chi connectivity index (χ0n) is 8.33. The summed E-state index contributed by atoms with van der Waals surface area (Å²) in [6, 6.07) is 5.43. The number of anilines is 1. The van der Waals surface area contributed by atoms with Crippen molar-refractivity contribution >= 4 is 11.6 Å². The van der Waals surface area contributed by atoms with Gasteiger partial charge in [-0.05, 0) is 17.7 Å². The van der Waals surface area contributed by atoms with Gasteiger partial charge in [0.25, 0.3) is 0 Å². The van der Waals surface area contributed by atoms with E-state index >= 15 is 0 Å². The van der Waals surface area contributed by atoms with Crippen LogP contribution in [0.15, 0.2) is 18.2 Å². The van der Waals surface area contributed by atoms with Crippen molar-refractivity contribution in [3.63, 3.8) is 0 Å². The highest BCUT2D eigenvalue weighted by Crippen LogP contribution is 2.21. The molecule has 0 atom stereocenters. The van der Waals surface area contributed by atoms with Crippen LogP contribution in [0, 0.1) is 0 Å². The van der Waals surface area contributed by atoms with E-state index in [1.54, 1.807) is 13.2 Å². The van der Waals surface area contributed by atoms with Crippen molar-refractivity contribution in [2.75, 3.05) is 12.8 Å². The Kier molecular flexibility index (Phi) is 3.34. The number of methoxy groups -OCH3 is 1. The van der Waals surface area contributed by atoms with E-state index in [0.717, 1.165) is 5.56 Å². The number of carbonyl (C=O) groups is 1. The first-order valence-corrected chi connectivity index (χ1v) is 4.30. The summed E-state index contributed by atoms with van der Waals surface area (Å²) in [7, 11) is 1.56. The summed E-state index contributed by atoms with van der Waals surface area (Å²) in [5, 5.41) is 2.70. The van der Waals surface area contributed by atoms with Gasteiger partial charge in [0.2, 0.25) is 5.91 Å². The molecule has 0 saturated carbocycles. The summed E-state index contributed by atoms with van der Waals surface area (Å²) in [6.07, 6.45) is 0. The minimum Gasteiger partial charge on any atom is -0.495 e. The van der Waals surface area contributed by atoms with E-state index < -0.39 is 0 Å². The number of hydrogen-bond acceptors (Lipinski definition) is 3. The molecule has 0 saturated heterocycles. The van der Waals surface area contributed by atoms with E-state index in [4.69, 9.17) is 10.5 Å². The molecule has 0 spiro atoms. The van der Waals surface area contributed by atoms with Gasteiger partial charge in [0.05, 0.1) is 12.8 Å². The Balaban J connectivity index is 2.74. The average Bonchev–Trinajstić information content (AvgIpc) is 2.16. The molecule has 0 heterocycles. The molecule has 0 fully saturated rings. The summed E-state index contributed by atoms with van der Waals surface area (Å²) in [5.74, 6) is 0.577. The van der Waals surface area contributed by atoms with Gasteiger partial charge < -0.3 is 15.8 Å². The molecule has 76 valence electrons. The molecular formula is C10H14N2O2. The molecule has 3 N–H and O–H groups in total. The normalized spacial score (nSPS) is 9.57. The molecule has 1 rings (SSSR count). The second-order valence-corrected chi connectivity index (χ2v) is 2.99. The minimum absolute atomic E-state index is 0.0548. The molecule has 1 amide bonds. The Bertz CT molecular complexity index is 337. The first-order valence-electron chi connectivity index (χ1n) is 4.30. The third-order valence-corrected chi connectivity index (χ3v) is 1.84. The maximum absolute atomic E-state index is 10.7. The number of nitrogens with two attached hydrogens (primary N) is 1. The van der Waals surface area contributed by atoms with Crippen LogP contribution in [0.1, 0.15) is 12.5 Å². The number of benzene rings is 1. The predicted octanol–water partition coefficient (Wildman–Crippen LogP) is 0.914. The molecule has 4 nitrogen and oxygen atoms in total. The SMILES string of the molecule is COc1cc(CNC(C)=O)ccc1N. The summed E-state index contributed by atoms with van der Waals surface area (Å²) in [5.41, 5.74) is 7.20. The number of amides is 1. The smallest absolute Gasteiger partial charge is 0.217 e. The van der Waals surface area contributed by atoms with Crippen LogP contribution in [0.2, 0.25) is 0 Å². The van der Waals surface area contributed by atoms with Gasteiger partial charge >= 0.3 is 0 Å². The molecule has 0 radical (unpaired) electrons. The summed E-state index contributed by atoms with van der Waals surface area (Å²) < 4.78 is 5.05. The number of nitrogens with one attached hydrogen (secondary N) is 1. The van der Waals surface area contributed by atoms with Crippen molar-refractivity contribution < 1.29 is 9.53 Å². The van der Waals surface area contributed by atoms with E-state index in [0.29, 0.717) is 18.0 Å². The third-order valence-electron chi connectivity index (χ3n) is 1.84. The largest absolute Gasteiger partial charge is 0.495 e. The number of rotatable bonds is 3. The van der Waals surface area contributed by atoms with E-state index in [2.05, 4.69) is 5.32 Å². The van der Waals surface area contributed by atoms with Crippen LogP contribution in [0.25, 0.3) is 0 Å². The standard InChI is InChI=1S/C10H14N2O2/c1-7(13)12-6-8-3-4-9(11)10(5-8)14-2/h3-5H,6,11H2,1-2H3,(H,12,13). The molecule has 0 aliphatic rings. The fraction of sp³-hybridized carbons (Fsp3) is 0.300. The minimum atomic E-state index is -0.0548. The topological polar surface area (TPSA) is 64.3 Å². The summed E-state index contributed by atoms with van der Waals surface area (Å²) in [4.78, 5) is 10.7. The van der Waals surface area contributed by atoms with Crippen molar-refractivity contribution in [3.8, 4) is 5.75 Å². The number of hydrogen-bond donors (Lipinski definition) is 2. The van der Waals surface area contributed by atoms with E-state index in [1.807, 2.05) is 12.1 Å². The number of nitrogen functional groups attached to an aromatic ring is 1. The maximum atomic E-state index is 10.7.